The molecule has 1 aromatic rings. The van der Waals surface area contributed by atoms with E-state index in [1.807, 2.05) is 0 Å². The van der Waals surface area contributed by atoms with Gasteiger partial charge in [-0.15, -0.1) is 0 Å². The van der Waals surface area contributed by atoms with Crippen LogP contribution in [0.25, 0.3) is 0 Å². The summed E-state index contributed by atoms with van der Waals surface area (Å²) in [4.78, 5) is 12.3. The lowest BCUT2D eigenvalue weighted by atomic mass is 11.3. The minimum absolute atomic E-state index is 1.33. The normalized spacial score (nSPS) is 7.11. The van der Waals surface area contributed by atoms with Gasteiger partial charge >= 0.3 is 6.09 Å². The summed E-state index contributed by atoms with van der Waals surface area (Å²) in [6.45, 7) is 0. The van der Waals surface area contributed by atoms with Crippen molar-refractivity contribution in [3.63, 3.8) is 0 Å². The molecule has 4 N–H and O–H groups in total. The molecular weight excluding hydrogens is 124 g/mol. The lowest BCUT2D eigenvalue weighted by molar-refractivity contribution is 0.205. The molecule has 0 unspecified atom stereocenters. The number of hydrogen-bond acceptors (Lipinski definition) is 3. The summed E-state index contributed by atoms with van der Waals surface area (Å²) in [6, 6.07) is 0. The van der Waals surface area contributed by atoms with Crippen molar-refractivity contribution in [2.45, 2.75) is 0 Å². The Labute approximate surface area is 50.7 Å². The maximum Gasteiger partial charge on any atom is 0.402 e. The van der Waals surface area contributed by atoms with Gasteiger partial charge in [0.15, 0.2) is 0 Å². The molecule has 0 atom stereocenters. The highest BCUT2D eigenvalue weighted by molar-refractivity contribution is 5.61. The first-order valence-corrected chi connectivity index (χ1v) is 2.00. The zero-order chi connectivity index (χ0) is 7.11. The summed E-state index contributed by atoms with van der Waals surface area (Å²) in [5, 5.41) is 13.2. The van der Waals surface area contributed by atoms with Crippen molar-refractivity contribution >= 4 is 6.09 Å². The number of nitrogens with one attached hydrogen (secondary N) is 1. The Hall–Kier alpha value is -1.59. The summed E-state index contributed by atoms with van der Waals surface area (Å²) in [7, 11) is 0. The van der Waals surface area contributed by atoms with Crippen LogP contribution in [0.3, 0.4) is 0 Å². The highest BCUT2D eigenvalue weighted by Crippen LogP contribution is 1.53. The van der Waals surface area contributed by atoms with Gasteiger partial charge in [0, 0.05) is 0 Å². The Bertz CT molecular complexity index is 128. The molecule has 9 heavy (non-hydrogen) atoms. The molecule has 50 valence electrons. The van der Waals surface area contributed by atoms with Crippen LogP contribution in [0, 0.1) is 0 Å². The smallest absolute Gasteiger partial charge is 0.402 e. The molecule has 0 fully saturated rings. The summed E-state index contributed by atoms with van der Waals surface area (Å²) >= 11 is 0. The zero-order valence-electron chi connectivity index (χ0n) is 4.48. The van der Waals surface area contributed by atoms with Gasteiger partial charge in [-0.25, -0.2) is 9.78 Å². The molecule has 6 heteroatoms. The van der Waals surface area contributed by atoms with Crippen LogP contribution in [0.4, 0.5) is 4.79 Å². The number of nitrogens with zero attached hydrogens (tertiary/aromatic N) is 2. The Kier molecular flexibility index (Phi) is 3.76. The summed E-state index contributed by atoms with van der Waals surface area (Å²) in [5.74, 6) is 0. The topological polar surface area (TPSA) is 105 Å². The van der Waals surface area contributed by atoms with E-state index in [9.17, 15) is 0 Å². The molecule has 1 rings (SSSR count). The number of hydrogen-bond donors (Lipinski definition) is 3. The molecule has 0 bridgehead atoms. The molecule has 0 aliphatic heterocycles. The molecule has 6 nitrogen and oxygen atoms in total. The van der Waals surface area contributed by atoms with Crippen LogP contribution >= 0.6 is 0 Å². The fourth-order valence-corrected chi connectivity index (χ4v) is 0.167. The Morgan fingerprint density at radius 2 is 2.33 bits per heavy atom. The van der Waals surface area contributed by atoms with E-state index in [-0.39, 0.29) is 0 Å². The van der Waals surface area contributed by atoms with Crippen molar-refractivity contribution in [3.8, 4) is 0 Å². The van der Waals surface area contributed by atoms with Crippen LogP contribution in [-0.2, 0) is 0 Å². The molecule has 0 saturated heterocycles. The summed E-state index contributed by atoms with van der Waals surface area (Å²) in [6.07, 6.45) is 1.62. The molecule has 0 aliphatic rings. The third-order valence-electron chi connectivity index (χ3n) is 0.331. The van der Waals surface area contributed by atoms with Gasteiger partial charge in [-0.3, -0.25) is 5.10 Å². The fourth-order valence-electron chi connectivity index (χ4n) is 0.167. The van der Waals surface area contributed by atoms with E-state index in [0.29, 0.717) is 0 Å². The van der Waals surface area contributed by atoms with E-state index in [1.165, 1.54) is 12.7 Å². The van der Waals surface area contributed by atoms with Gasteiger partial charge in [-0.05, 0) is 0 Å². The number of carbonyl (C=O) groups is 1. The van der Waals surface area contributed by atoms with Crippen LogP contribution in [-0.4, -0.2) is 26.4 Å². The quantitative estimate of drug-likeness (QED) is 0.437. The predicted octanol–water partition coefficient (Wildman–Crippen LogP) is -0.572. The van der Waals surface area contributed by atoms with Crippen LogP contribution in [0.5, 0.6) is 0 Å². The number of aromatic amines is 1. The maximum absolute atomic E-state index is 8.78. The van der Waals surface area contributed by atoms with E-state index in [0.717, 1.165) is 0 Å². The largest absolute Gasteiger partial charge is 0.465 e. The van der Waals surface area contributed by atoms with Gasteiger partial charge < -0.3 is 10.8 Å². The van der Waals surface area contributed by atoms with Gasteiger partial charge in [0.1, 0.15) is 12.7 Å². The molecule has 1 aromatic heterocycles. The number of H-pyrrole nitrogens is 1. The van der Waals surface area contributed by atoms with Gasteiger partial charge in [0.2, 0.25) is 0 Å². The van der Waals surface area contributed by atoms with Crippen molar-refractivity contribution in [3.05, 3.63) is 12.7 Å². The molecule has 0 aliphatic carbocycles. The van der Waals surface area contributed by atoms with E-state index >= 15 is 0 Å². The lowest BCUT2D eigenvalue weighted by Crippen LogP contribution is -2.03. The Balaban J connectivity index is 0.000000148. The van der Waals surface area contributed by atoms with Crippen molar-refractivity contribution in [1.29, 1.82) is 0 Å². The van der Waals surface area contributed by atoms with Crippen LogP contribution in [0.2, 0.25) is 0 Å². The molecular formula is C3H6N4O2. The van der Waals surface area contributed by atoms with Gasteiger partial charge in [0.25, 0.3) is 0 Å². The second kappa shape index (κ2) is 4.57. The first-order chi connectivity index (χ1) is 4.23. The highest BCUT2D eigenvalue weighted by atomic mass is 16.4. The van der Waals surface area contributed by atoms with Crippen LogP contribution < -0.4 is 5.73 Å². The summed E-state index contributed by atoms with van der Waals surface area (Å²) in [5.41, 5.74) is 4.03. The standard InChI is InChI=1S/C2H3N3.CH3NO2/c1-3-2-5-4-1;2-1(3)4/h1-2H,(H,3,4,5);2H2,(H,3,4). The predicted molar refractivity (Wildman–Crippen MR) is 28.6 cm³/mol. The lowest BCUT2D eigenvalue weighted by Gasteiger charge is -1.61. The van der Waals surface area contributed by atoms with E-state index in [4.69, 9.17) is 9.90 Å². The molecule has 1 heterocycles. The van der Waals surface area contributed by atoms with Crippen molar-refractivity contribution < 1.29 is 9.90 Å². The van der Waals surface area contributed by atoms with E-state index in [1.54, 1.807) is 0 Å². The van der Waals surface area contributed by atoms with Gasteiger partial charge in [-0.1, -0.05) is 0 Å². The molecule has 0 saturated carbocycles. The average molecular weight is 130 g/mol. The first-order valence-electron chi connectivity index (χ1n) is 2.00. The second-order valence-corrected chi connectivity index (χ2v) is 0.990. The number of nitrogens with two attached hydrogens (primary N) is 1. The van der Waals surface area contributed by atoms with Gasteiger partial charge in [0.05, 0.1) is 0 Å². The van der Waals surface area contributed by atoms with Crippen LogP contribution in [0.15, 0.2) is 12.7 Å². The minimum atomic E-state index is -1.33. The monoisotopic (exact) mass is 130 g/mol. The maximum atomic E-state index is 8.78. The average Bonchev–Trinajstić information content (AvgIpc) is 2.11. The molecule has 1 amide bonds. The molecule has 0 radical (unpaired) electrons. The third kappa shape index (κ3) is 10.7. The third-order valence-corrected chi connectivity index (χ3v) is 0.331. The molecule has 0 aromatic carbocycles. The zero-order valence-corrected chi connectivity index (χ0v) is 4.48. The van der Waals surface area contributed by atoms with Crippen LogP contribution in [0.1, 0.15) is 0 Å². The number of rotatable bonds is 0. The highest BCUT2D eigenvalue weighted by Gasteiger charge is 1.65. The molecule has 0 spiro atoms. The number of aromatic nitrogens is 3. The number of carboxylic acid groups (broad SMARTS) is 1. The van der Waals surface area contributed by atoms with Crippen molar-refractivity contribution in [2.24, 2.45) is 5.73 Å². The SMILES string of the molecule is NC(=O)O.c1nc[nH]n1. The fraction of sp³-hybridized carbons (Fsp3) is 0. The van der Waals surface area contributed by atoms with Crippen molar-refractivity contribution in [1.82, 2.24) is 15.2 Å². The minimum Gasteiger partial charge on any atom is -0.465 e. The van der Waals surface area contributed by atoms with Crippen molar-refractivity contribution in [2.75, 3.05) is 0 Å². The number of primary amides is 1. The first kappa shape index (κ1) is 7.41. The Morgan fingerprint density at radius 3 is 2.44 bits per heavy atom. The second-order valence-electron chi connectivity index (χ2n) is 0.990. The summed E-state index contributed by atoms with van der Waals surface area (Å²) < 4.78 is 0. The van der Waals surface area contributed by atoms with Gasteiger partial charge in [-0.2, -0.15) is 5.10 Å². The van der Waals surface area contributed by atoms with E-state index in [2.05, 4.69) is 20.9 Å². The number of amides is 1. The van der Waals surface area contributed by atoms with E-state index < -0.39 is 6.09 Å². The Morgan fingerprint density at radius 1 is 1.78 bits per heavy atom.